The van der Waals surface area contributed by atoms with Crippen LogP contribution in [0.4, 0.5) is 4.79 Å². The average Bonchev–Trinajstić information content (AvgIpc) is 3.06. The molecule has 4 rings (SSSR count). The molecule has 0 aliphatic carbocycles. The molecule has 2 heterocycles. The summed E-state index contributed by atoms with van der Waals surface area (Å²) in [4.78, 5) is 40.7. The van der Waals surface area contributed by atoms with Crippen LogP contribution in [-0.2, 0) is 16.2 Å². The third kappa shape index (κ3) is 4.92. The number of rotatable bonds is 6. The SMILES string of the molecule is CC(C)N1C(=O)NC2(CCN(C(=O)/C=C/c3cccc(OCc4ccccc4)c3)CC2)C1=O. The molecule has 2 aromatic rings. The maximum absolute atomic E-state index is 12.8. The van der Waals surface area contributed by atoms with E-state index in [9.17, 15) is 14.4 Å². The third-order valence-corrected chi connectivity index (χ3v) is 6.16. The molecule has 2 aromatic carbocycles. The van der Waals surface area contributed by atoms with E-state index >= 15 is 0 Å². The van der Waals surface area contributed by atoms with Crippen LogP contribution in [0.5, 0.6) is 5.75 Å². The molecule has 33 heavy (non-hydrogen) atoms. The van der Waals surface area contributed by atoms with Crippen LogP contribution in [0.3, 0.4) is 0 Å². The first-order valence-corrected chi connectivity index (χ1v) is 11.3. The van der Waals surface area contributed by atoms with E-state index in [2.05, 4.69) is 5.32 Å². The Hall–Kier alpha value is -3.61. The normalized spacial score (nSPS) is 17.8. The summed E-state index contributed by atoms with van der Waals surface area (Å²) in [5.41, 5.74) is 1.07. The van der Waals surface area contributed by atoms with Crippen LogP contribution < -0.4 is 10.1 Å². The molecule has 2 saturated heterocycles. The van der Waals surface area contributed by atoms with Gasteiger partial charge in [0.05, 0.1) is 0 Å². The second-order valence-corrected chi connectivity index (χ2v) is 8.79. The zero-order valence-corrected chi connectivity index (χ0v) is 19.0. The van der Waals surface area contributed by atoms with Crippen LogP contribution in [0.2, 0.25) is 0 Å². The monoisotopic (exact) mass is 447 g/mol. The Morgan fingerprint density at radius 3 is 2.48 bits per heavy atom. The summed E-state index contributed by atoms with van der Waals surface area (Å²) in [6, 6.07) is 17.0. The number of piperidine rings is 1. The van der Waals surface area contributed by atoms with Crippen LogP contribution in [0.25, 0.3) is 6.08 Å². The maximum atomic E-state index is 12.8. The van der Waals surface area contributed by atoms with E-state index in [1.54, 1.807) is 17.1 Å². The number of urea groups is 1. The van der Waals surface area contributed by atoms with Gasteiger partial charge in [-0.1, -0.05) is 42.5 Å². The number of imide groups is 1. The van der Waals surface area contributed by atoms with Crippen molar-refractivity contribution in [2.45, 2.75) is 44.9 Å². The minimum absolute atomic E-state index is 0.113. The molecule has 0 radical (unpaired) electrons. The van der Waals surface area contributed by atoms with Gasteiger partial charge in [0, 0.05) is 25.2 Å². The zero-order valence-electron chi connectivity index (χ0n) is 19.0. The summed E-state index contributed by atoms with van der Waals surface area (Å²) in [6.45, 7) is 4.96. The number of ether oxygens (including phenoxy) is 1. The summed E-state index contributed by atoms with van der Waals surface area (Å²) in [5, 5.41) is 2.87. The van der Waals surface area contributed by atoms with Gasteiger partial charge >= 0.3 is 6.03 Å². The highest BCUT2D eigenvalue weighted by atomic mass is 16.5. The van der Waals surface area contributed by atoms with Crippen molar-refractivity contribution in [2.24, 2.45) is 0 Å². The minimum Gasteiger partial charge on any atom is -0.489 e. The lowest BCUT2D eigenvalue weighted by atomic mass is 9.87. The van der Waals surface area contributed by atoms with Crippen molar-refractivity contribution < 1.29 is 19.1 Å². The number of nitrogens with one attached hydrogen (secondary N) is 1. The van der Waals surface area contributed by atoms with Gasteiger partial charge in [0.2, 0.25) is 5.91 Å². The number of likely N-dealkylation sites (tertiary alicyclic amines) is 1. The van der Waals surface area contributed by atoms with E-state index in [1.807, 2.05) is 68.4 Å². The predicted molar refractivity (Wildman–Crippen MR) is 125 cm³/mol. The Morgan fingerprint density at radius 2 is 1.82 bits per heavy atom. The first-order chi connectivity index (χ1) is 15.9. The van der Waals surface area contributed by atoms with Crippen molar-refractivity contribution in [2.75, 3.05) is 13.1 Å². The fraction of sp³-hybridized carbons (Fsp3) is 0.346. The topological polar surface area (TPSA) is 79.0 Å². The average molecular weight is 448 g/mol. The lowest BCUT2D eigenvalue weighted by Crippen LogP contribution is -2.55. The van der Waals surface area contributed by atoms with Crippen molar-refractivity contribution in [3.63, 3.8) is 0 Å². The van der Waals surface area contributed by atoms with Gasteiger partial charge in [0.15, 0.2) is 0 Å². The lowest BCUT2D eigenvalue weighted by Gasteiger charge is -2.37. The first-order valence-electron chi connectivity index (χ1n) is 11.3. The highest BCUT2D eigenvalue weighted by Crippen LogP contribution is 2.30. The van der Waals surface area contributed by atoms with Crippen molar-refractivity contribution >= 4 is 23.9 Å². The van der Waals surface area contributed by atoms with Gasteiger partial charge in [-0.25, -0.2) is 4.79 Å². The molecule has 0 saturated carbocycles. The van der Waals surface area contributed by atoms with Crippen molar-refractivity contribution in [1.29, 1.82) is 0 Å². The van der Waals surface area contributed by atoms with Crippen LogP contribution >= 0.6 is 0 Å². The molecule has 0 aromatic heterocycles. The smallest absolute Gasteiger partial charge is 0.325 e. The molecule has 0 atom stereocenters. The zero-order chi connectivity index (χ0) is 23.4. The van der Waals surface area contributed by atoms with Gasteiger partial charge in [0.25, 0.3) is 5.91 Å². The Labute approximate surface area is 194 Å². The van der Waals surface area contributed by atoms with Gasteiger partial charge < -0.3 is 15.0 Å². The predicted octanol–water partition coefficient (Wildman–Crippen LogP) is 3.60. The lowest BCUT2D eigenvalue weighted by molar-refractivity contribution is -0.137. The van der Waals surface area contributed by atoms with Crippen LogP contribution in [0, 0.1) is 0 Å². The van der Waals surface area contributed by atoms with Crippen LogP contribution in [0.15, 0.2) is 60.7 Å². The Kier molecular flexibility index (Phi) is 6.49. The number of hydrogen-bond acceptors (Lipinski definition) is 4. The van der Waals surface area contributed by atoms with E-state index in [0.717, 1.165) is 16.9 Å². The fourth-order valence-corrected chi connectivity index (χ4v) is 4.28. The van der Waals surface area contributed by atoms with Crippen molar-refractivity contribution in [3.8, 4) is 5.75 Å². The molecule has 172 valence electrons. The third-order valence-electron chi connectivity index (χ3n) is 6.16. The molecule has 0 bridgehead atoms. The van der Waals surface area contributed by atoms with E-state index in [1.165, 1.54) is 4.90 Å². The number of benzene rings is 2. The van der Waals surface area contributed by atoms with Gasteiger partial charge in [-0.15, -0.1) is 0 Å². The largest absolute Gasteiger partial charge is 0.489 e. The maximum Gasteiger partial charge on any atom is 0.325 e. The summed E-state index contributed by atoms with van der Waals surface area (Å²) in [6.07, 6.45) is 4.15. The molecule has 1 N–H and O–H groups in total. The van der Waals surface area contributed by atoms with Crippen LogP contribution in [0.1, 0.15) is 37.8 Å². The highest BCUT2D eigenvalue weighted by molar-refractivity contribution is 6.07. The molecule has 2 aliphatic heterocycles. The summed E-state index contributed by atoms with van der Waals surface area (Å²) < 4.78 is 5.85. The standard InChI is InChI=1S/C26H29N3O4/c1-19(2)29-24(31)26(27-25(29)32)13-15-28(16-14-26)23(30)12-11-20-9-6-10-22(17-20)33-18-21-7-4-3-5-8-21/h3-12,17,19H,13-16,18H2,1-2H3,(H,27,32)/b12-11+. The molecule has 2 fully saturated rings. The van der Waals surface area contributed by atoms with E-state index in [4.69, 9.17) is 4.74 Å². The van der Waals surface area contributed by atoms with Gasteiger partial charge in [-0.3, -0.25) is 14.5 Å². The van der Waals surface area contributed by atoms with Crippen molar-refractivity contribution in [1.82, 2.24) is 15.1 Å². The van der Waals surface area contributed by atoms with Gasteiger partial charge in [-0.2, -0.15) is 0 Å². The van der Waals surface area contributed by atoms with Gasteiger partial charge in [0.1, 0.15) is 17.9 Å². The van der Waals surface area contributed by atoms with E-state index < -0.39 is 5.54 Å². The second kappa shape index (κ2) is 9.48. The summed E-state index contributed by atoms with van der Waals surface area (Å²) in [5.74, 6) is 0.439. The highest BCUT2D eigenvalue weighted by Gasteiger charge is 2.53. The fourth-order valence-electron chi connectivity index (χ4n) is 4.28. The molecule has 7 heteroatoms. The Morgan fingerprint density at radius 1 is 1.09 bits per heavy atom. The minimum atomic E-state index is -0.883. The number of amides is 4. The van der Waals surface area contributed by atoms with E-state index in [0.29, 0.717) is 32.5 Å². The quantitative estimate of drug-likeness (QED) is 0.542. The first kappa shape index (κ1) is 22.6. The number of nitrogens with zero attached hydrogens (tertiary/aromatic N) is 2. The summed E-state index contributed by atoms with van der Waals surface area (Å²) >= 11 is 0. The molecule has 7 nitrogen and oxygen atoms in total. The Balaban J connectivity index is 1.33. The number of hydrogen-bond donors (Lipinski definition) is 1. The second-order valence-electron chi connectivity index (χ2n) is 8.79. The molecule has 0 unspecified atom stereocenters. The molecular formula is C26H29N3O4. The molecule has 1 spiro atoms. The van der Waals surface area contributed by atoms with Gasteiger partial charge in [-0.05, 0) is 56.0 Å². The molecule has 2 aliphatic rings. The molecular weight excluding hydrogens is 418 g/mol. The van der Waals surface area contributed by atoms with E-state index in [-0.39, 0.29) is 23.9 Å². The Bertz CT molecular complexity index is 1060. The number of carbonyl (C=O) groups excluding carboxylic acids is 3. The summed E-state index contributed by atoms with van der Waals surface area (Å²) in [7, 11) is 0. The van der Waals surface area contributed by atoms with Crippen molar-refractivity contribution in [3.05, 3.63) is 71.8 Å². The molecule has 4 amide bonds. The van der Waals surface area contributed by atoms with Crippen LogP contribution in [-0.4, -0.2) is 52.3 Å². The number of carbonyl (C=O) groups is 3.